The summed E-state index contributed by atoms with van der Waals surface area (Å²) in [7, 11) is 3.20. The van der Waals surface area contributed by atoms with Crippen molar-refractivity contribution < 1.29 is 9.47 Å². The van der Waals surface area contributed by atoms with Crippen LogP contribution in [0.15, 0.2) is 48.7 Å². The van der Waals surface area contributed by atoms with Gasteiger partial charge in [0.2, 0.25) is 5.95 Å². The first-order valence-electron chi connectivity index (χ1n) is 9.47. The highest BCUT2D eigenvalue weighted by Gasteiger charge is 2.07. The van der Waals surface area contributed by atoms with E-state index in [1.165, 1.54) is 5.69 Å². The SMILES string of the molecule is CCN(CC)c1ccc(Nc2nncc(Nc3ccc(OC)c(OC)c3)n2)cc1. The number of hydrogen-bond acceptors (Lipinski definition) is 8. The van der Waals surface area contributed by atoms with E-state index in [2.05, 4.69) is 56.7 Å². The van der Waals surface area contributed by atoms with Crippen LogP contribution in [0.5, 0.6) is 11.5 Å². The van der Waals surface area contributed by atoms with E-state index in [0.717, 1.165) is 24.5 Å². The van der Waals surface area contributed by atoms with Gasteiger partial charge in [0.1, 0.15) is 0 Å². The Morgan fingerprint density at radius 2 is 1.55 bits per heavy atom. The molecule has 0 saturated heterocycles. The molecule has 0 aliphatic rings. The van der Waals surface area contributed by atoms with Crippen LogP contribution >= 0.6 is 0 Å². The summed E-state index contributed by atoms with van der Waals surface area (Å²) in [4.78, 5) is 6.76. The van der Waals surface area contributed by atoms with E-state index < -0.39 is 0 Å². The summed E-state index contributed by atoms with van der Waals surface area (Å²) in [5, 5.41) is 14.5. The molecule has 0 atom stereocenters. The quantitative estimate of drug-likeness (QED) is 0.558. The van der Waals surface area contributed by atoms with Crippen molar-refractivity contribution in [2.45, 2.75) is 13.8 Å². The van der Waals surface area contributed by atoms with Gasteiger partial charge in [-0.05, 0) is 50.2 Å². The summed E-state index contributed by atoms with van der Waals surface area (Å²) in [5.41, 5.74) is 2.88. The number of nitrogens with zero attached hydrogens (tertiary/aromatic N) is 4. The minimum Gasteiger partial charge on any atom is -0.493 e. The molecule has 152 valence electrons. The lowest BCUT2D eigenvalue weighted by molar-refractivity contribution is 0.355. The molecule has 8 heteroatoms. The van der Waals surface area contributed by atoms with Crippen LogP contribution in [0.4, 0.5) is 28.8 Å². The maximum Gasteiger partial charge on any atom is 0.249 e. The molecule has 0 saturated carbocycles. The lowest BCUT2D eigenvalue weighted by Crippen LogP contribution is -2.21. The highest BCUT2D eigenvalue weighted by molar-refractivity contribution is 5.63. The highest BCUT2D eigenvalue weighted by atomic mass is 16.5. The maximum atomic E-state index is 5.33. The summed E-state index contributed by atoms with van der Waals surface area (Å²) >= 11 is 0. The lowest BCUT2D eigenvalue weighted by atomic mass is 10.2. The number of benzene rings is 2. The van der Waals surface area contributed by atoms with Gasteiger partial charge >= 0.3 is 0 Å². The van der Waals surface area contributed by atoms with Crippen molar-refractivity contribution >= 4 is 28.8 Å². The van der Waals surface area contributed by atoms with Crippen LogP contribution in [0.25, 0.3) is 0 Å². The number of anilines is 5. The number of ether oxygens (including phenoxy) is 2. The Balaban J connectivity index is 1.71. The number of aromatic nitrogens is 3. The van der Waals surface area contributed by atoms with Gasteiger partial charge in [-0.1, -0.05) is 0 Å². The van der Waals surface area contributed by atoms with Gasteiger partial charge in [-0.2, -0.15) is 10.1 Å². The van der Waals surface area contributed by atoms with Crippen molar-refractivity contribution in [3.63, 3.8) is 0 Å². The van der Waals surface area contributed by atoms with Crippen molar-refractivity contribution in [2.75, 3.05) is 42.8 Å². The zero-order valence-corrected chi connectivity index (χ0v) is 17.1. The number of methoxy groups -OCH3 is 2. The second-order valence-electron chi connectivity index (χ2n) is 6.20. The van der Waals surface area contributed by atoms with Crippen molar-refractivity contribution in [3.8, 4) is 11.5 Å². The molecular formula is C21H26N6O2. The van der Waals surface area contributed by atoms with Crippen molar-refractivity contribution in [1.82, 2.24) is 15.2 Å². The summed E-state index contributed by atoms with van der Waals surface area (Å²) in [6.45, 7) is 6.23. The first-order valence-corrected chi connectivity index (χ1v) is 9.47. The smallest absolute Gasteiger partial charge is 0.249 e. The fraction of sp³-hybridized carbons (Fsp3) is 0.286. The predicted octanol–water partition coefficient (Wildman–Crippen LogP) is 4.22. The highest BCUT2D eigenvalue weighted by Crippen LogP contribution is 2.30. The van der Waals surface area contributed by atoms with Crippen LogP contribution in [0.3, 0.4) is 0 Å². The summed E-state index contributed by atoms with van der Waals surface area (Å²) in [6.07, 6.45) is 1.56. The Labute approximate surface area is 170 Å². The molecule has 3 rings (SSSR count). The molecule has 0 radical (unpaired) electrons. The largest absolute Gasteiger partial charge is 0.493 e. The van der Waals surface area contributed by atoms with E-state index in [-0.39, 0.29) is 0 Å². The van der Waals surface area contributed by atoms with Crippen LogP contribution in [0.2, 0.25) is 0 Å². The molecule has 1 aromatic heterocycles. The minimum absolute atomic E-state index is 0.408. The van der Waals surface area contributed by atoms with Gasteiger partial charge < -0.3 is 25.0 Å². The first-order chi connectivity index (χ1) is 14.2. The third-order valence-electron chi connectivity index (χ3n) is 4.47. The Morgan fingerprint density at radius 3 is 2.21 bits per heavy atom. The maximum absolute atomic E-state index is 5.33. The fourth-order valence-corrected chi connectivity index (χ4v) is 2.95. The predicted molar refractivity (Wildman–Crippen MR) is 116 cm³/mol. The van der Waals surface area contributed by atoms with Crippen LogP contribution < -0.4 is 25.0 Å². The minimum atomic E-state index is 0.408. The topological polar surface area (TPSA) is 84.4 Å². The van der Waals surface area contributed by atoms with Gasteiger partial charge in [0.05, 0.1) is 20.4 Å². The van der Waals surface area contributed by atoms with Crippen molar-refractivity contribution in [3.05, 3.63) is 48.7 Å². The average molecular weight is 394 g/mol. The van der Waals surface area contributed by atoms with Gasteiger partial charge in [-0.25, -0.2) is 0 Å². The molecule has 0 aliphatic carbocycles. The van der Waals surface area contributed by atoms with Gasteiger partial charge in [0.15, 0.2) is 17.3 Å². The molecule has 8 nitrogen and oxygen atoms in total. The molecule has 0 bridgehead atoms. The summed E-state index contributed by atoms with van der Waals surface area (Å²) in [6, 6.07) is 13.7. The Kier molecular flexibility index (Phi) is 6.67. The molecular weight excluding hydrogens is 368 g/mol. The zero-order chi connectivity index (χ0) is 20.6. The Morgan fingerprint density at radius 1 is 0.862 bits per heavy atom. The average Bonchev–Trinajstić information content (AvgIpc) is 2.76. The number of rotatable bonds is 9. The van der Waals surface area contributed by atoms with Gasteiger partial charge in [0.25, 0.3) is 0 Å². The van der Waals surface area contributed by atoms with E-state index >= 15 is 0 Å². The van der Waals surface area contributed by atoms with Crippen molar-refractivity contribution in [1.29, 1.82) is 0 Å². The molecule has 0 aliphatic heterocycles. The molecule has 1 heterocycles. The lowest BCUT2D eigenvalue weighted by Gasteiger charge is -2.21. The molecule has 0 spiro atoms. The number of hydrogen-bond donors (Lipinski definition) is 2. The van der Waals surface area contributed by atoms with Crippen LogP contribution in [0, 0.1) is 0 Å². The molecule has 2 N–H and O–H groups in total. The van der Waals surface area contributed by atoms with Crippen LogP contribution in [-0.2, 0) is 0 Å². The van der Waals surface area contributed by atoms with Gasteiger partial charge in [-0.15, -0.1) is 5.10 Å². The molecule has 0 fully saturated rings. The number of nitrogens with one attached hydrogen (secondary N) is 2. The standard InChI is InChI=1S/C21H26N6O2/c1-5-27(6-2)17-10-7-15(8-11-17)24-21-25-20(14-22-26-21)23-16-9-12-18(28-3)19(13-16)29-4/h7-14H,5-6H2,1-4H3,(H2,23,24,25,26). The van der Waals surface area contributed by atoms with Crippen molar-refractivity contribution in [2.24, 2.45) is 0 Å². The third-order valence-corrected chi connectivity index (χ3v) is 4.47. The molecule has 0 unspecified atom stereocenters. The summed E-state index contributed by atoms with van der Waals surface area (Å²) in [5.74, 6) is 2.26. The first kappa shape index (κ1) is 20.2. The molecule has 3 aromatic rings. The fourth-order valence-electron chi connectivity index (χ4n) is 2.95. The molecule has 2 aromatic carbocycles. The monoisotopic (exact) mass is 394 g/mol. The van der Waals surface area contributed by atoms with E-state index in [4.69, 9.17) is 9.47 Å². The van der Waals surface area contributed by atoms with E-state index in [9.17, 15) is 0 Å². The summed E-state index contributed by atoms with van der Waals surface area (Å²) < 4.78 is 10.6. The Hall–Kier alpha value is -3.55. The van der Waals surface area contributed by atoms with Crippen LogP contribution in [-0.4, -0.2) is 42.5 Å². The second-order valence-corrected chi connectivity index (χ2v) is 6.20. The molecule has 0 amide bonds. The van der Waals surface area contributed by atoms with E-state index in [0.29, 0.717) is 23.3 Å². The molecule has 29 heavy (non-hydrogen) atoms. The van der Waals surface area contributed by atoms with E-state index in [1.54, 1.807) is 20.4 Å². The van der Waals surface area contributed by atoms with Gasteiger partial charge in [-0.3, -0.25) is 0 Å². The van der Waals surface area contributed by atoms with Crippen LogP contribution in [0.1, 0.15) is 13.8 Å². The van der Waals surface area contributed by atoms with E-state index in [1.807, 2.05) is 30.3 Å². The van der Waals surface area contributed by atoms with Gasteiger partial charge in [0, 0.05) is 36.2 Å². The second kappa shape index (κ2) is 9.59. The zero-order valence-electron chi connectivity index (χ0n) is 17.1. The normalized spacial score (nSPS) is 10.3. The Bertz CT molecular complexity index is 929. The third kappa shape index (κ3) is 5.04.